The van der Waals surface area contributed by atoms with E-state index in [4.69, 9.17) is 8.83 Å². The number of halogens is 3. The minimum Gasteiger partial charge on any atom is -0.467 e. The van der Waals surface area contributed by atoms with Crippen LogP contribution in [0.25, 0.3) is 11.3 Å². The molecule has 5 nitrogen and oxygen atoms in total. The summed E-state index contributed by atoms with van der Waals surface area (Å²) in [5.41, 5.74) is 1.95. The molecule has 0 saturated heterocycles. The molecule has 0 atom stereocenters. The number of aromatic nitrogens is 1. The third-order valence-corrected chi connectivity index (χ3v) is 4.09. The van der Waals surface area contributed by atoms with Crippen molar-refractivity contribution < 1.29 is 26.8 Å². The Balaban J connectivity index is 1.63. The monoisotopic (exact) mass is 392 g/mol. The fourth-order valence-corrected chi connectivity index (χ4v) is 2.69. The van der Waals surface area contributed by atoms with Gasteiger partial charge in [0.2, 0.25) is 5.91 Å². The minimum absolute atomic E-state index is 0.108. The normalized spacial score (nSPS) is 11.6. The molecule has 0 saturated carbocycles. The zero-order valence-corrected chi connectivity index (χ0v) is 15.2. The number of alkyl halides is 3. The van der Waals surface area contributed by atoms with Gasteiger partial charge in [0.05, 0.1) is 19.0 Å². The van der Waals surface area contributed by atoms with Crippen molar-refractivity contribution in [2.75, 3.05) is 6.54 Å². The Labute approximate surface area is 159 Å². The van der Waals surface area contributed by atoms with Gasteiger partial charge in [-0.05, 0) is 19.1 Å². The van der Waals surface area contributed by atoms with Gasteiger partial charge in [0, 0.05) is 18.4 Å². The highest BCUT2D eigenvalue weighted by Crippen LogP contribution is 2.22. The van der Waals surface area contributed by atoms with Crippen LogP contribution >= 0.6 is 0 Å². The molecule has 1 aromatic carbocycles. The van der Waals surface area contributed by atoms with Crippen molar-refractivity contribution in [1.29, 1.82) is 0 Å². The van der Waals surface area contributed by atoms with Crippen LogP contribution in [0.5, 0.6) is 0 Å². The molecule has 0 N–H and O–H groups in total. The highest BCUT2D eigenvalue weighted by atomic mass is 19.4. The van der Waals surface area contributed by atoms with Crippen LogP contribution in [-0.4, -0.2) is 28.5 Å². The van der Waals surface area contributed by atoms with Crippen LogP contribution in [-0.2, 0) is 17.8 Å². The second-order valence-corrected chi connectivity index (χ2v) is 6.43. The van der Waals surface area contributed by atoms with E-state index in [1.165, 1.54) is 12.3 Å². The van der Waals surface area contributed by atoms with E-state index < -0.39 is 18.6 Å². The smallest absolute Gasteiger partial charge is 0.406 e. The Morgan fingerprint density at radius 2 is 1.93 bits per heavy atom. The average Bonchev–Trinajstić information content (AvgIpc) is 3.30. The van der Waals surface area contributed by atoms with Crippen LogP contribution in [0.15, 0.2) is 57.7 Å². The quantitative estimate of drug-likeness (QED) is 0.581. The van der Waals surface area contributed by atoms with Crippen molar-refractivity contribution in [2.24, 2.45) is 0 Å². The van der Waals surface area contributed by atoms with Crippen LogP contribution in [0.4, 0.5) is 13.2 Å². The lowest BCUT2D eigenvalue weighted by atomic mass is 10.1. The number of benzene rings is 1. The number of rotatable bonds is 7. The maximum atomic E-state index is 12.8. The molecule has 3 aromatic rings. The van der Waals surface area contributed by atoms with E-state index in [0.29, 0.717) is 11.7 Å². The topological polar surface area (TPSA) is 59.5 Å². The molecule has 0 aliphatic carbocycles. The van der Waals surface area contributed by atoms with Crippen molar-refractivity contribution in [2.45, 2.75) is 32.5 Å². The molecule has 0 radical (unpaired) electrons. The average molecular weight is 392 g/mol. The molecule has 3 rings (SSSR count). The van der Waals surface area contributed by atoms with Gasteiger partial charge in [-0.1, -0.05) is 29.8 Å². The summed E-state index contributed by atoms with van der Waals surface area (Å²) in [6.45, 7) is 0.384. The van der Waals surface area contributed by atoms with E-state index in [0.717, 1.165) is 16.0 Å². The summed E-state index contributed by atoms with van der Waals surface area (Å²) in [7, 11) is 0. The van der Waals surface area contributed by atoms with E-state index in [1.54, 1.807) is 12.3 Å². The van der Waals surface area contributed by atoms with Crippen molar-refractivity contribution >= 4 is 5.91 Å². The van der Waals surface area contributed by atoms with Gasteiger partial charge in [-0.3, -0.25) is 4.79 Å². The highest BCUT2D eigenvalue weighted by Gasteiger charge is 2.33. The van der Waals surface area contributed by atoms with Gasteiger partial charge in [0.25, 0.3) is 0 Å². The molecule has 0 fully saturated rings. The molecule has 0 unspecified atom stereocenters. The van der Waals surface area contributed by atoms with Gasteiger partial charge >= 0.3 is 6.18 Å². The Morgan fingerprint density at radius 1 is 1.18 bits per heavy atom. The third-order valence-electron chi connectivity index (χ3n) is 4.09. The maximum absolute atomic E-state index is 12.8. The van der Waals surface area contributed by atoms with Gasteiger partial charge in [-0.15, -0.1) is 0 Å². The first-order chi connectivity index (χ1) is 13.3. The first kappa shape index (κ1) is 19.7. The number of hydrogen-bond donors (Lipinski definition) is 0. The standard InChI is InChI=1S/C20H19F3N2O3/c1-14-4-6-15(7-5-14)17-11-24-18(28-17)8-9-19(26)25(13-20(21,22)23)12-16-3-2-10-27-16/h2-7,10-11H,8-9,12-13H2,1H3. The number of carbonyl (C=O) groups excluding carboxylic acids is 1. The maximum Gasteiger partial charge on any atom is 0.406 e. The summed E-state index contributed by atoms with van der Waals surface area (Å²) in [4.78, 5) is 17.2. The van der Waals surface area contributed by atoms with Gasteiger partial charge in [-0.2, -0.15) is 13.2 Å². The molecule has 0 bridgehead atoms. The predicted molar refractivity (Wildman–Crippen MR) is 95.2 cm³/mol. The van der Waals surface area contributed by atoms with E-state index in [-0.39, 0.29) is 25.1 Å². The molecule has 0 aliphatic rings. The second kappa shape index (κ2) is 8.33. The van der Waals surface area contributed by atoms with Gasteiger partial charge < -0.3 is 13.7 Å². The molecule has 2 heterocycles. The molecule has 148 valence electrons. The zero-order valence-electron chi connectivity index (χ0n) is 15.2. The number of furan rings is 1. The number of nitrogens with zero attached hydrogens (tertiary/aromatic N) is 2. The molecule has 0 aliphatic heterocycles. The summed E-state index contributed by atoms with van der Waals surface area (Å²) >= 11 is 0. The van der Waals surface area contributed by atoms with Gasteiger partial charge in [-0.25, -0.2) is 4.98 Å². The summed E-state index contributed by atoms with van der Waals surface area (Å²) in [5, 5.41) is 0. The molecular weight excluding hydrogens is 373 g/mol. The van der Waals surface area contributed by atoms with Gasteiger partial charge in [0.1, 0.15) is 12.3 Å². The Hall–Kier alpha value is -3.03. The molecule has 0 spiro atoms. The summed E-state index contributed by atoms with van der Waals surface area (Å²) < 4.78 is 49.1. The third kappa shape index (κ3) is 5.48. The second-order valence-electron chi connectivity index (χ2n) is 6.43. The number of aryl methyl sites for hydroxylation is 2. The molecule has 8 heteroatoms. The largest absolute Gasteiger partial charge is 0.467 e. The number of hydrogen-bond acceptors (Lipinski definition) is 4. The predicted octanol–water partition coefficient (Wildman–Crippen LogP) is 4.77. The molecule has 2 aromatic heterocycles. The van der Waals surface area contributed by atoms with E-state index >= 15 is 0 Å². The lowest BCUT2D eigenvalue weighted by Gasteiger charge is -2.22. The summed E-state index contributed by atoms with van der Waals surface area (Å²) in [6, 6.07) is 10.7. The van der Waals surface area contributed by atoms with Crippen LogP contribution < -0.4 is 0 Å². The van der Waals surface area contributed by atoms with Crippen LogP contribution in [0.2, 0.25) is 0 Å². The fraction of sp³-hybridized carbons (Fsp3) is 0.300. The Kier molecular flexibility index (Phi) is 5.87. The lowest BCUT2D eigenvalue weighted by Crippen LogP contribution is -2.38. The van der Waals surface area contributed by atoms with Crippen LogP contribution in [0.1, 0.15) is 23.6 Å². The fourth-order valence-electron chi connectivity index (χ4n) is 2.69. The van der Waals surface area contributed by atoms with E-state index in [1.807, 2.05) is 31.2 Å². The lowest BCUT2D eigenvalue weighted by molar-refractivity contribution is -0.162. The van der Waals surface area contributed by atoms with Crippen molar-refractivity contribution in [3.05, 3.63) is 66.1 Å². The SMILES string of the molecule is Cc1ccc(-c2cnc(CCC(=O)N(Cc3ccco3)CC(F)(F)F)o2)cc1. The molecular formula is C20H19F3N2O3. The summed E-state index contributed by atoms with van der Waals surface area (Å²) in [6.07, 6.45) is -1.64. The molecule has 28 heavy (non-hydrogen) atoms. The molecule has 1 amide bonds. The first-order valence-corrected chi connectivity index (χ1v) is 8.69. The zero-order chi connectivity index (χ0) is 20.1. The Bertz CT molecular complexity index is 900. The van der Waals surface area contributed by atoms with Crippen molar-refractivity contribution in [3.8, 4) is 11.3 Å². The highest BCUT2D eigenvalue weighted by molar-refractivity contribution is 5.76. The Morgan fingerprint density at radius 3 is 2.57 bits per heavy atom. The number of oxazole rings is 1. The van der Waals surface area contributed by atoms with Gasteiger partial charge in [0.15, 0.2) is 11.7 Å². The van der Waals surface area contributed by atoms with Crippen LogP contribution in [0.3, 0.4) is 0 Å². The minimum atomic E-state index is -4.50. The number of carbonyl (C=O) groups is 1. The summed E-state index contributed by atoms with van der Waals surface area (Å²) in [5.74, 6) is 0.484. The van der Waals surface area contributed by atoms with E-state index in [2.05, 4.69) is 4.98 Å². The van der Waals surface area contributed by atoms with Crippen molar-refractivity contribution in [3.63, 3.8) is 0 Å². The van der Waals surface area contributed by atoms with E-state index in [9.17, 15) is 18.0 Å². The van der Waals surface area contributed by atoms with Crippen LogP contribution in [0, 0.1) is 6.92 Å². The number of amides is 1. The first-order valence-electron chi connectivity index (χ1n) is 8.69. The van der Waals surface area contributed by atoms with Crippen molar-refractivity contribution in [1.82, 2.24) is 9.88 Å².